The maximum absolute atomic E-state index is 12.7. The summed E-state index contributed by atoms with van der Waals surface area (Å²) >= 11 is 0. The van der Waals surface area contributed by atoms with Crippen molar-refractivity contribution in [3.05, 3.63) is 65.7 Å². The molecule has 0 bridgehead atoms. The van der Waals surface area contributed by atoms with Gasteiger partial charge in [-0.25, -0.2) is 0 Å². The molecule has 21 heavy (non-hydrogen) atoms. The summed E-state index contributed by atoms with van der Waals surface area (Å²) in [6, 6.07) is 18.5. The summed E-state index contributed by atoms with van der Waals surface area (Å²) in [7, 11) is 1.87. The predicted octanol–water partition coefficient (Wildman–Crippen LogP) is 3.66. The molecule has 2 rings (SSSR count). The van der Waals surface area contributed by atoms with E-state index >= 15 is 0 Å². The number of Topliss-reactive ketones (excluding diaryl/α,β-unsaturated/α-hetero) is 1. The summed E-state index contributed by atoms with van der Waals surface area (Å²) in [5.41, 5.74) is 2.07. The van der Waals surface area contributed by atoms with Crippen molar-refractivity contribution < 1.29 is 4.79 Å². The average molecular weight is 278 g/mol. The van der Waals surface area contributed by atoms with Gasteiger partial charge >= 0.3 is 0 Å². The van der Waals surface area contributed by atoms with Crippen LogP contribution in [0.1, 0.15) is 29.3 Å². The summed E-state index contributed by atoms with van der Waals surface area (Å²) in [5.74, 6) is 0.0772. The molecule has 0 aliphatic rings. The standard InChI is InChI=1S/C18H18N2O/c1-3-16(18(21)14-9-5-4-6-10-14)20(2)17-12-8-7-11-15(17)13-19/h4-12,16H,3H2,1-2H3. The Hall–Kier alpha value is -2.60. The number of carbonyl (C=O) groups excluding carboxylic acids is 1. The maximum atomic E-state index is 12.7. The highest BCUT2D eigenvalue weighted by atomic mass is 16.1. The molecule has 1 unspecified atom stereocenters. The third-order valence-electron chi connectivity index (χ3n) is 3.62. The Kier molecular flexibility index (Phi) is 4.73. The Morgan fingerprint density at radius 2 is 1.76 bits per heavy atom. The van der Waals surface area contributed by atoms with Crippen molar-refractivity contribution in [1.82, 2.24) is 0 Å². The van der Waals surface area contributed by atoms with E-state index in [0.29, 0.717) is 17.5 Å². The number of anilines is 1. The summed E-state index contributed by atoms with van der Waals surface area (Å²) < 4.78 is 0. The first-order valence-corrected chi connectivity index (χ1v) is 7.00. The lowest BCUT2D eigenvalue weighted by Crippen LogP contribution is -2.38. The summed E-state index contributed by atoms with van der Waals surface area (Å²) in [4.78, 5) is 14.6. The molecule has 0 saturated carbocycles. The van der Waals surface area contributed by atoms with Crippen LogP contribution < -0.4 is 4.90 Å². The van der Waals surface area contributed by atoms with Gasteiger partial charge in [0, 0.05) is 12.6 Å². The third-order valence-corrected chi connectivity index (χ3v) is 3.62. The number of carbonyl (C=O) groups is 1. The van der Waals surface area contributed by atoms with Crippen LogP contribution >= 0.6 is 0 Å². The smallest absolute Gasteiger partial charge is 0.185 e. The third kappa shape index (κ3) is 3.11. The van der Waals surface area contributed by atoms with E-state index in [2.05, 4.69) is 6.07 Å². The first-order chi connectivity index (χ1) is 10.2. The van der Waals surface area contributed by atoms with Gasteiger partial charge in [-0.2, -0.15) is 5.26 Å². The number of nitrogens with zero attached hydrogens (tertiary/aromatic N) is 2. The van der Waals surface area contributed by atoms with Crippen LogP contribution in [-0.4, -0.2) is 18.9 Å². The molecule has 106 valence electrons. The van der Waals surface area contributed by atoms with Crippen LogP contribution in [0, 0.1) is 11.3 Å². The van der Waals surface area contributed by atoms with Gasteiger partial charge < -0.3 is 4.90 Å². The number of hydrogen-bond donors (Lipinski definition) is 0. The van der Waals surface area contributed by atoms with Gasteiger partial charge in [-0.3, -0.25) is 4.79 Å². The normalized spacial score (nSPS) is 11.5. The highest BCUT2D eigenvalue weighted by molar-refractivity contribution is 6.02. The maximum Gasteiger partial charge on any atom is 0.185 e. The number of para-hydroxylation sites is 1. The lowest BCUT2D eigenvalue weighted by atomic mass is 10.00. The first-order valence-electron chi connectivity index (χ1n) is 7.00. The van der Waals surface area contributed by atoms with Gasteiger partial charge in [-0.1, -0.05) is 49.4 Å². The van der Waals surface area contributed by atoms with Gasteiger partial charge in [0.2, 0.25) is 0 Å². The number of nitriles is 1. The van der Waals surface area contributed by atoms with Crippen LogP contribution in [0.2, 0.25) is 0 Å². The second-order valence-corrected chi connectivity index (χ2v) is 4.89. The predicted molar refractivity (Wildman–Crippen MR) is 84.4 cm³/mol. The fourth-order valence-corrected chi connectivity index (χ4v) is 2.47. The molecule has 2 aromatic carbocycles. The Labute approximate surface area is 125 Å². The van der Waals surface area contributed by atoms with E-state index < -0.39 is 0 Å². The van der Waals surface area contributed by atoms with Crippen LogP contribution in [0.15, 0.2) is 54.6 Å². The van der Waals surface area contributed by atoms with Crippen molar-refractivity contribution in [2.75, 3.05) is 11.9 Å². The molecule has 0 spiro atoms. The largest absolute Gasteiger partial charge is 0.363 e. The molecule has 0 aliphatic heterocycles. The van der Waals surface area contributed by atoms with Crippen LogP contribution in [0.25, 0.3) is 0 Å². The Morgan fingerprint density at radius 3 is 2.38 bits per heavy atom. The number of ketones is 1. The quantitative estimate of drug-likeness (QED) is 0.784. The van der Waals surface area contributed by atoms with Gasteiger partial charge in [-0.15, -0.1) is 0 Å². The summed E-state index contributed by atoms with van der Waals surface area (Å²) in [5, 5.41) is 9.22. The van der Waals surface area contributed by atoms with E-state index in [0.717, 1.165) is 5.69 Å². The van der Waals surface area contributed by atoms with Crippen LogP contribution in [0.4, 0.5) is 5.69 Å². The molecule has 0 aromatic heterocycles. The molecule has 3 heteroatoms. The lowest BCUT2D eigenvalue weighted by molar-refractivity contribution is 0.0957. The fraction of sp³-hybridized carbons (Fsp3) is 0.222. The van der Waals surface area contributed by atoms with Gasteiger partial charge in [0.15, 0.2) is 5.78 Å². The molecule has 0 amide bonds. The van der Waals surface area contributed by atoms with Gasteiger partial charge in [-0.05, 0) is 18.6 Å². The molecule has 0 N–H and O–H groups in total. The van der Waals surface area contributed by atoms with Crippen molar-refractivity contribution in [2.45, 2.75) is 19.4 Å². The number of benzene rings is 2. The van der Waals surface area contributed by atoms with E-state index in [-0.39, 0.29) is 11.8 Å². The van der Waals surface area contributed by atoms with Gasteiger partial charge in [0.25, 0.3) is 0 Å². The topological polar surface area (TPSA) is 44.1 Å². The summed E-state index contributed by atoms with van der Waals surface area (Å²) in [6.45, 7) is 1.98. The SMILES string of the molecule is CCC(C(=O)c1ccccc1)N(C)c1ccccc1C#N. The highest BCUT2D eigenvalue weighted by Crippen LogP contribution is 2.23. The van der Waals surface area contributed by atoms with Crippen molar-refractivity contribution in [2.24, 2.45) is 0 Å². The average Bonchev–Trinajstić information content (AvgIpc) is 2.56. The van der Waals surface area contributed by atoms with Crippen molar-refractivity contribution in [3.63, 3.8) is 0 Å². The van der Waals surface area contributed by atoms with E-state index in [1.807, 2.05) is 67.4 Å². The second-order valence-electron chi connectivity index (χ2n) is 4.89. The molecule has 0 heterocycles. The highest BCUT2D eigenvalue weighted by Gasteiger charge is 2.24. The second kappa shape index (κ2) is 6.71. The lowest BCUT2D eigenvalue weighted by Gasteiger charge is -2.29. The Morgan fingerprint density at radius 1 is 1.14 bits per heavy atom. The van der Waals surface area contributed by atoms with Crippen molar-refractivity contribution >= 4 is 11.5 Å². The molecule has 2 aromatic rings. The van der Waals surface area contributed by atoms with E-state index in [1.54, 1.807) is 6.07 Å². The zero-order valence-electron chi connectivity index (χ0n) is 12.3. The van der Waals surface area contributed by atoms with Crippen LogP contribution in [-0.2, 0) is 0 Å². The summed E-state index contributed by atoms with van der Waals surface area (Å²) in [6.07, 6.45) is 0.685. The number of likely N-dealkylation sites (N-methyl/N-ethyl adjacent to an activating group) is 1. The minimum atomic E-state index is -0.276. The van der Waals surface area contributed by atoms with Crippen LogP contribution in [0.3, 0.4) is 0 Å². The molecule has 0 saturated heterocycles. The molecular formula is C18H18N2O. The zero-order chi connectivity index (χ0) is 15.2. The van der Waals surface area contributed by atoms with Gasteiger partial charge in [0.1, 0.15) is 6.07 Å². The van der Waals surface area contributed by atoms with Gasteiger partial charge in [0.05, 0.1) is 17.3 Å². The zero-order valence-corrected chi connectivity index (χ0v) is 12.3. The molecule has 3 nitrogen and oxygen atoms in total. The van der Waals surface area contributed by atoms with Crippen molar-refractivity contribution in [1.29, 1.82) is 5.26 Å². The first kappa shape index (κ1) is 14.8. The molecule has 1 atom stereocenters. The minimum Gasteiger partial charge on any atom is -0.363 e. The fourth-order valence-electron chi connectivity index (χ4n) is 2.47. The number of hydrogen-bond acceptors (Lipinski definition) is 3. The minimum absolute atomic E-state index is 0.0772. The van der Waals surface area contributed by atoms with E-state index in [4.69, 9.17) is 0 Å². The van der Waals surface area contributed by atoms with E-state index in [9.17, 15) is 10.1 Å². The van der Waals surface area contributed by atoms with Crippen molar-refractivity contribution in [3.8, 4) is 6.07 Å². The van der Waals surface area contributed by atoms with Crippen LogP contribution in [0.5, 0.6) is 0 Å². The molecule has 0 fully saturated rings. The Bertz CT molecular complexity index is 658. The monoisotopic (exact) mass is 278 g/mol. The van der Waals surface area contributed by atoms with E-state index in [1.165, 1.54) is 0 Å². The molecule has 0 radical (unpaired) electrons. The molecule has 0 aliphatic carbocycles. The number of rotatable bonds is 5. The Balaban J connectivity index is 2.33. The molecular weight excluding hydrogens is 260 g/mol.